The summed E-state index contributed by atoms with van der Waals surface area (Å²) in [7, 11) is 1.70. The van der Waals surface area contributed by atoms with Gasteiger partial charge >= 0.3 is 0 Å². The summed E-state index contributed by atoms with van der Waals surface area (Å²) in [6.45, 7) is 10.1. The second kappa shape index (κ2) is 11.4. The zero-order valence-corrected chi connectivity index (χ0v) is 11.4. The maximum absolute atomic E-state index is 5.46. The predicted octanol–water partition coefficient (Wildman–Crippen LogP) is 2.45. The lowest BCUT2D eigenvalue weighted by Gasteiger charge is -2.22. The molecule has 0 aromatic rings. The normalized spacial score (nSPS) is 13.3. The summed E-state index contributed by atoms with van der Waals surface area (Å²) >= 11 is 0. The van der Waals surface area contributed by atoms with E-state index in [-0.39, 0.29) is 0 Å². The fourth-order valence-electron chi connectivity index (χ4n) is 1.65. The Morgan fingerprint density at radius 3 is 2.44 bits per heavy atom. The first kappa shape index (κ1) is 15.9. The molecule has 3 nitrogen and oxygen atoms in total. The van der Waals surface area contributed by atoms with E-state index in [0.717, 1.165) is 19.6 Å². The van der Waals surface area contributed by atoms with Crippen LogP contribution in [0.3, 0.4) is 0 Å². The van der Waals surface area contributed by atoms with Gasteiger partial charge in [0.05, 0.1) is 13.2 Å². The molecular weight excluding hydrogens is 202 g/mol. The maximum Gasteiger partial charge on any atom is 0.0700 e. The Balaban J connectivity index is 3.44. The highest BCUT2D eigenvalue weighted by atomic mass is 16.5. The molecule has 0 aliphatic heterocycles. The van der Waals surface area contributed by atoms with Crippen LogP contribution in [0.15, 0.2) is 0 Å². The zero-order valence-electron chi connectivity index (χ0n) is 11.4. The van der Waals surface area contributed by atoms with Crippen molar-refractivity contribution in [1.82, 2.24) is 5.32 Å². The van der Waals surface area contributed by atoms with Gasteiger partial charge in [-0.25, -0.2) is 0 Å². The van der Waals surface area contributed by atoms with Crippen molar-refractivity contribution in [2.75, 3.05) is 33.5 Å². The Morgan fingerprint density at radius 1 is 1.12 bits per heavy atom. The molecule has 0 aromatic heterocycles. The zero-order chi connectivity index (χ0) is 12.2. The van der Waals surface area contributed by atoms with Crippen molar-refractivity contribution in [3.05, 3.63) is 0 Å². The molecule has 16 heavy (non-hydrogen) atoms. The molecule has 1 unspecified atom stereocenters. The van der Waals surface area contributed by atoms with Crippen LogP contribution in [0.4, 0.5) is 0 Å². The number of rotatable bonds is 11. The molecule has 0 heterocycles. The number of hydrogen-bond acceptors (Lipinski definition) is 3. The first-order chi connectivity index (χ1) is 7.72. The second-order valence-electron chi connectivity index (χ2n) is 4.55. The first-order valence-corrected chi connectivity index (χ1v) is 6.52. The Bertz CT molecular complexity index is 140. The average Bonchev–Trinajstić information content (AvgIpc) is 2.26. The molecule has 0 aliphatic carbocycles. The maximum atomic E-state index is 5.46. The van der Waals surface area contributed by atoms with Crippen molar-refractivity contribution in [3.63, 3.8) is 0 Å². The summed E-state index contributed by atoms with van der Waals surface area (Å²) in [6.07, 6.45) is 3.53. The average molecular weight is 231 g/mol. The van der Waals surface area contributed by atoms with Crippen LogP contribution in [0.5, 0.6) is 0 Å². The topological polar surface area (TPSA) is 30.5 Å². The second-order valence-corrected chi connectivity index (χ2v) is 4.55. The molecule has 0 rings (SSSR count). The highest BCUT2D eigenvalue weighted by molar-refractivity contribution is 4.69. The van der Waals surface area contributed by atoms with Crippen LogP contribution in [0.2, 0.25) is 0 Å². The quantitative estimate of drug-likeness (QED) is 0.554. The predicted molar refractivity (Wildman–Crippen MR) is 68.8 cm³/mol. The van der Waals surface area contributed by atoms with Crippen LogP contribution in [0.1, 0.15) is 40.0 Å². The molecule has 98 valence electrons. The lowest BCUT2D eigenvalue weighted by Crippen LogP contribution is -2.34. The van der Waals surface area contributed by atoms with Gasteiger partial charge in [-0.05, 0) is 31.7 Å². The van der Waals surface area contributed by atoms with E-state index in [4.69, 9.17) is 9.47 Å². The van der Waals surface area contributed by atoms with E-state index in [2.05, 4.69) is 26.1 Å². The molecule has 0 aromatic carbocycles. The minimum absolute atomic E-state index is 0.631. The van der Waals surface area contributed by atoms with Gasteiger partial charge in [-0.1, -0.05) is 20.8 Å². The van der Waals surface area contributed by atoms with E-state index in [0.29, 0.717) is 25.2 Å². The van der Waals surface area contributed by atoms with Gasteiger partial charge in [-0.3, -0.25) is 0 Å². The van der Waals surface area contributed by atoms with E-state index in [9.17, 15) is 0 Å². The van der Waals surface area contributed by atoms with E-state index in [1.165, 1.54) is 12.8 Å². The van der Waals surface area contributed by atoms with E-state index < -0.39 is 0 Å². The SMILES string of the molecule is CCCNC(CCCOCCOC)C(C)C. The molecule has 0 spiro atoms. The van der Waals surface area contributed by atoms with Gasteiger partial charge in [0.25, 0.3) is 0 Å². The van der Waals surface area contributed by atoms with Gasteiger partial charge < -0.3 is 14.8 Å². The Kier molecular flexibility index (Phi) is 11.3. The molecular formula is C13H29NO2. The van der Waals surface area contributed by atoms with Crippen LogP contribution in [0, 0.1) is 5.92 Å². The fourth-order valence-corrected chi connectivity index (χ4v) is 1.65. The van der Waals surface area contributed by atoms with Gasteiger partial charge in [0, 0.05) is 19.8 Å². The van der Waals surface area contributed by atoms with Gasteiger partial charge in [0.2, 0.25) is 0 Å². The fraction of sp³-hybridized carbons (Fsp3) is 1.00. The third-order valence-electron chi connectivity index (χ3n) is 2.70. The van der Waals surface area contributed by atoms with Crippen molar-refractivity contribution in [1.29, 1.82) is 0 Å². The molecule has 0 saturated carbocycles. The van der Waals surface area contributed by atoms with Crippen molar-refractivity contribution in [2.24, 2.45) is 5.92 Å². The van der Waals surface area contributed by atoms with Crippen LogP contribution >= 0.6 is 0 Å². The number of nitrogens with one attached hydrogen (secondary N) is 1. The molecule has 0 aliphatic rings. The van der Waals surface area contributed by atoms with Crippen molar-refractivity contribution >= 4 is 0 Å². The number of methoxy groups -OCH3 is 1. The molecule has 0 saturated heterocycles. The lowest BCUT2D eigenvalue weighted by atomic mass is 9.99. The van der Waals surface area contributed by atoms with E-state index >= 15 is 0 Å². The van der Waals surface area contributed by atoms with Crippen LogP contribution < -0.4 is 5.32 Å². The lowest BCUT2D eigenvalue weighted by molar-refractivity contribution is 0.0672. The molecule has 1 N–H and O–H groups in total. The molecule has 1 atom stereocenters. The minimum atomic E-state index is 0.631. The summed E-state index contributed by atoms with van der Waals surface area (Å²) in [4.78, 5) is 0. The highest BCUT2D eigenvalue weighted by Gasteiger charge is 2.11. The first-order valence-electron chi connectivity index (χ1n) is 6.52. The molecule has 0 fully saturated rings. The summed E-state index contributed by atoms with van der Waals surface area (Å²) < 4.78 is 10.4. The molecule has 0 radical (unpaired) electrons. The minimum Gasteiger partial charge on any atom is -0.382 e. The molecule has 0 bridgehead atoms. The Morgan fingerprint density at radius 2 is 1.88 bits per heavy atom. The van der Waals surface area contributed by atoms with Gasteiger partial charge in [-0.15, -0.1) is 0 Å². The highest BCUT2D eigenvalue weighted by Crippen LogP contribution is 2.08. The van der Waals surface area contributed by atoms with Crippen molar-refractivity contribution < 1.29 is 9.47 Å². The smallest absolute Gasteiger partial charge is 0.0700 e. The molecule has 0 amide bonds. The number of hydrogen-bond donors (Lipinski definition) is 1. The third kappa shape index (κ3) is 9.13. The van der Waals surface area contributed by atoms with Gasteiger partial charge in [0.1, 0.15) is 0 Å². The summed E-state index contributed by atoms with van der Waals surface area (Å²) in [5, 5.41) is 3.59. The molecule has 3 heteroatoms. The third-order valence-corrected chi connectivity index (χ3v) is 2.70. The van der Waals surface area contributed by atoms with Gasteiger partial charge in [0.15, 0.2) is 0 Å². The van der Waals surface area contributed by atoms with Crippen LogP contribution in [-0.2, 0) is 9.47 Å². The Labute approximate surface area is 101 Å². The van der Waals surface area contributed by atoms with Crippen molar-refractivity contribution in [2.45, 2.75) is 46.1 Å². The van der Waals surface area contributed by atoms with Crippen LogP contribution in [-0.4, -0.2) is 39.5 Å². The van der Waals surface area contributed by atoms with E-state index in [1.807, 2.05) is 0 Å². The summed E-state index contributed by atoms with van der Waals surface area (Å²) in [5.41, 5.74) is 0. The Hall–Kier alpha value is -0.120. The monoisotopic (exact) mass is 231 g/mol. The summed E-state index contributed by atoms with van der Waals surface area (Å²) in [6, 6.07) is 0.631. The largest absolute Gasteiger partial charge is 0.382 e. The summed E-state index contributed by atoms with van der Waals surface area (Å²) in [5.74, 6) is 0.700. The van der Waals surface area contributed by atoms with Crippen LogP contribution in [0.25, 0.3) is 0 Å². The van der Waals surface area contributed by atoms with Crippen molar-refractivity contribution in [3.8, 4) is 0 Å². The van der Waals surface area contributed by atoms with E-state index in [1.54, 1.807) is 7.11 Å². The van der Waals surface area contributed by atoms with Gasteiger partial charge in [-0.2, -0.15) is 0 Å². The number of ether oxygens (including phenoxy) is 2. The standard InChI is InChI=1S/C13H29NO2/c1-5-8-14-13(12(2)3)7-6-9-16-11-10-15-4/h12-14H,5-11H2,1-4H3.